The Morgan fingerprint density at radius 1 is 1.36 bits per heavy atom. The van der Waals surface area contributed by atoms with Crippen LogP contribution in [0.3, 0.4) is 0 Å². The van der Waals surface area contributed by atoms with Gasteiger partial charge in [-0.05, 0) is 24.3 Å². The molecular weight excluding hydrogens is 178 g/mol. The molecule has 0 unspecified atom stereocenters. The molecule has 0 bridgehead atoms. The van der Waals surface area contributed by atoms with Crippen LogP contribution in [-0.2, 0) is 4.74 Å². The van der Waals surface area contributed by atoms with Crippen LogP contribution in [-0.4, -0.2) is 19.2 Å². The molecule has 1 aromatic rings. The molecule has 0 radical (unpaired) electrons. The first-order chi connectivity index (χ1) is 6.88. The number of rotatable bonds is 1. The lowest BCUT2D eigenvalue weighted by Gasteiger charge is -1.97. The minimum atomic E-state index is 0.551. The summed E-state index contributed by atoms with van der Waals surface area (Å²) in [6.45, 7) is 1.46. The van der Waals surface area contributed by atoms with Crippen molar-refractivity contribution in [1.82, 2.24) is 5.32 Å². The molecule has 0 spiro atoms. The highest BCUT2D eigenvalue weighted by atomic mass is 16.5. The topological polar surface area (TPSA) is 57.4 Å². The third kappa shape index (κ3) is 1.83. The van der Waals surface area contributed by atoms with E-state index >= 15 is 0 Å². The van der Waals surface area contributed by atoms with Crippen LogP contribution in [0, 0.1) is 11.3 Å². The highest BCUT2D eigenvalue weighted by molar-refractivity contribution is 5.78. The Morgan fingerprint density at radius 2 is 2.14 bits per heavy atom. The van der Waals surface area contributed by atoms with Gasteiger partial charge in [0.1, 0.15) is 6.61 Å². The van der Waals surface area contributed by atoms with Gasteiger partial charge < -0.3 is 10.1 Å². The smallest absolute Gasteiger partial charge is 0.290 e. The van der Waals surface area contributed by atoms with E-state index in [2.05, 4.69) is 16.4 Å². The molecule has 14 heavy (non-hydrogen) atoms. The number of ether oxygens (including phenoxy) is 1. The lowest BCUT2D eigenvalue weighted by molar-refractivity contribution is 0.353. The van der Waals surface area contributed by atoms with Gasteiger partial charge >= 0.3 is 0 Å². The van der Waals surface area contributed by atoms with Crippen molar-refractivity contribution in [2.75, 3.05) is 13.2 Å². The summed E-state index contributed by atoms with van der Waals surface area (Å²) in [5.74, 6) is 0. The van der Waals surface area contributed by atoms with Gasteiger partial charge in [0.2, 0.25) is 0 Å². The summed E-state index contributed by atoms with van der Waals surface area (Å²) < 4.78 is 5.19. The van der Waals surface area contributed by atoms with Gasteiger partial charge in [-0.15, -0.1) is 0 Å². The quantitative estimate of drug-likeness (QED) is 0.717. The molecule has 1 N–H and O–H groups in total. The van der Waals surface area contributed by atoms with E-state index in [4.69, 9.17) is 10.00 Å². The van der Waals surface area contributed by atoms with E-state index < -0.39 is 0 Å². The summed E-state index contributed by atoms with van der Waals surface area (Å²) in [6.07, 6.45) is 0. The van der Waals surface area contributed by atoms with E-state index in [1.165, 1.54) is 0 Å². The third-order valence-electron chi connectivity index (χ3n) is 1.84. The molecule has 70 valence electrons. The predicted molar refractivity (Wildman–Crippen MR) is 52.2 cm³/mol. The molecule has 1 fully saturated rings. The fourth-order valence-corrected chi connectivity index (χ4v) is 1.16. The van der Waals surface area contributed by atoms with Crippen LogP contribution in [0.1, 0.15) is 5.56 Å². The number of nitrogens with zero attached hydrogens (tertiary/aromatic N) is 2. The summed E-state index contributed by atoms with van der Waals surface area (Å²) in [7, 11) is 0. The van der Waals surface area contributed by atoms with E-state index in [0.29, 0.717) is 18.2 Å². The van der Waals surface area contributed by atoms with E-state index in [1.54, 1.807) is 24.3 Å². The van der Waals surface area contributed by atoms with Crippen molar-refractivity contribution < 1.29 is 4.74 Å². The maximum atomic E-state index is 8.59. The standard InChI is InChI=1S/C10H9N3O/c11-7-8-1-3-9(4-2-8)13-10-12-5-6-14-10/h1-4H,5-6H2,(H,12,13). The van der Waals surface area contributed by atoms with Crippen molar-refractivity contribution in [2.45, 2.75) is 0 Å². The largest absolute Gasteiger partial charge is 0.463 e. The Labute approximate surface area is 81.8 Å². The summed E-state index contributed by atoms with van der Waals surface area (Å²) >= 11 is 0. The normalized spacial score (nSPS) is 17.2. The second-order valence-corrected chi connectivity index (χ2v) is 2.85. The fourth-order valence-electron chi connectivity index (χ4n) is 1.16. The van der Waals surface area contributed by atoms with Crippen LogP contribution < -0.4 is 5.32 Å². The van der Waals surface area contributed by atoms with Gasteiger partial charge in [-0.25, -0.2) is 0 Å². The summed E-state index contributed by atoms with van der Waals surface area (Å²) in [5.41, 5.74) is 1.42. The van der Waals surface area contributed by atoms with Crippen LogP contribution in [0.4, 0.5) is 5.69 Å². The fraction of sp³-hybridized carbons (Fsp3) is 0.200. The molecule has 0 aliphatic carbocycles. The predicted octanol–water partition coefficient (Wildman–Crippen LogP) is 1.17. The highest BCUT2D eigenvalue weighted by Crippen LogP contribution is 2.13. The number of nitrogens with one attached hydrogen (secondary N) is 1. The van der Waals surface area contributed by atoms with Crippen LogP contribution >= 0.6 is 0 Å². The Bertz CT molecular complexity index is 381. The zero-order valence-corrected chi connectivity index (χ0v) is 7.53. The minimum absolute atomic E-state index is 0.551. The summed E-state index contributed by atoms with van der Waals surface area (Å²) in [5, 5.41) is 11.6. The van der Waals surface area contributed by atoms with E-state index in [9.17, 15) is 0 Å². The summed E-state index contributed by atoms with van der Waals surface area (Å²) in [4.78, 5) is 4.21. The highest BCUT2D eigenvalue weighted by Gasteiger charge is 2.06. The Balaban J connectivity index is 2.17. The molecule has 0 saturated carbocycles. The molecule has 4 heteroatoms. The first kappa shape index (κ1) is 8.57. The van der Waals surface area contributed by atoms with Gasteiger partial charge in [-0.2, -0.15) is 10.3 Å². The SMILES string of the molecule is N#Cc1ccc(N=C2NCCO2)cc1. The second-order valence-electron chi connectivity index (χ2n) is 2.85. The first-order valence-electron chi connectivity index (χ1n) is 4.34. The minimum Gasteiger partial charge on any atom is -0.463 e. The number of hydrogen-bond acceptors (Lipinski definition) is 3. The van der Waals surface area contributed by atoms with Crippen LogP contribution in [0.25, 0.3) is 0 Å². The lowest BCUT2D eigenvalue weighted by atomic mass is 10.2. The first-order valence-corrected chi connectivity index (χ1v) is 4.34. The average Bonchev–Trinajstić information content (AvgIpc) is 2.72. The maximum Gasteiger partial charge on any atom is 0.290 e. The molecule has 4 nitrogen and oxygen atoms in total. The molecule has 0 aromatic heterocycles. The zero-order chi connectivity index (χ0) is 9.80. The molecule has 1 aliphatic heterocycles. The number of amidine groups is 1. The monoisotopic (exact) mass is 187 g/mol. The van der Waals surface area contributed by atoms with Crippen molar-refractivity contribution in [3.8, 4) is 6.07 Å². The molecule has 0 amide bonds. The summed E-state index contributed by atoms with van der Waals surface area (Å²) in [6, 6.07) is 9.64. The average molecular weight is 187 g/mol. The third-order valence-corrected chi connectivity index (χ3v) is 1.84. The van der Waals surface area contributed by atoms with Crippen molar-refractivity contribution in [1.29, 1.82) is 5.26 Å². The number of benzene rings is 1. The molecule has 1 aromatic carbocycles. The van der Waals surface area contributed by atoms with E-state index in [0.717, 1.165) is 12.2 Å². The number of aliphatic imine (C=N–C) groups is 1. The van der Waals surface area contributed by atoms with Gasteiger partial charge in [-0.1, -0.05) is 0 Å². The van der Waals surface area contributed by atoms with Crippen molar-refractivity contribution in [3.63, 3.8) is 0 Å². The van der Waals surface area contributed by atoms with Crippen molar-refractivity contribution in [2.24, 2.45) is 4.99 Å². The number of nitriles is 1. The Morgan fingerprint density at radius 3 is 2.71 bits per heavy atom. The molecule has 1 saturated heterocycles. The van der Waals surface area contributed by atoms with Gasteiger partial charge in [0.25, 0.3) is 6.02 Å². The maximum absolute atomic E-state index is 8.59. The molecular formula is C10H9N3O. The van der Waals surface area contributed by atoms with Crippen LogP contribution in [0.2, 0.25) is 0 Å². The van der Waals surface area contributed by atoms with Gasteiger partial charge in [0.15, 0.2) is 0 Å². The van der Waals surface area contributed by atoms with Gasteiger partial charge in [-0.3, -0.25) is 0 Å². The van der Waals surface area contributed by atoms with Crippen LogP contribution in [0.15, 0.2) is 29.3 Å². The van der Waals surface area contributed by atoms with Crippen molar-refractivity contribution in [3.05, 3.63) is 29.8 Å². The van der Waals surface area contributed by atoms with Gasteiger partial charge in [0, 0.05) is 0 Å². The van der Waals surface area contributed by atoms with Crippen LogP contribution in [0.5, 0.6) is 0 Å². The Hall–Kier alpha value is -2.02. The molecule has 0 atom stereocenters. The molecule has 2 rings (SSSR count). The van der Waals surface area contributed by atoms with Crippen molar-refractivity contribution >= 4 is 11.7 Å². The zero-order valence-electron chi connectivity index (χ0n) is 7.53. The molecule has 1 aliphatic rings. The Kier molecular flexibility index (Phi) is 2.32. The van der Waals surface area contributed by atoms with E-state index in [-0.39, 0.29) is 0 Å². The van der Waals surface area contributed by atoms with E-state index in [1.807, 2.05) is 0 Å². The lowest BCUT2D eigenvalue weighted by Crippen LogP contribution is -2.14. The molecule has 1 heterocycles. The van der Waals surface area contributed by atoms with Gasteiger partial charge in [0.05, 0.1) is 23.9 Å². The number of hydrogen-bond donors (Lipinski definition) is 1. The second kappa shape index (κ2) is 3.79.